The van der Waals surface area contributed by atoms with E-state index in [9.17, 15) is 4.79 Å². The van der Waals surface area contributed by atoms with Crippen molar-refractivity contribution >= 4 is 17.4 Å². The predicted octanol–water partition coefficient (Wildman–Crippen LogP) is 3.99. The summed E-state index contributed by atoms with van der Waals surface area (Å²) in [4.78, 5) is 12.4. The van der Waals surface area contributed by atoms with E-state index in [4.69, 9.17) is 5.73 Å². The summed E-state index contributed by atoms with van der Waals surface area (Å²) in [5.41, 5.74) is 8.98. The summed E-state index contributed by atoms with van der Waals surface area (Å²) < 4.78 is 0. The summed E-state index contributed by atoms with van der Waals surface area (Å²) in [5, 5.41) is 10.2. The van der Waals surface area contributed by atoms with E-state index in [1.54, 1.807) is 12.1 Å². The smallest absolute Gasteiger partial charge is 0.257 e. The lowest BCUT2D eigenvalue weighted by Crippen LogP contribution is -2.14. The highest BCUT2D eigenvalue weighted by Gasteiger charge is 2.18. The fraction of sp³-hybridized carbons (Fsp3) is 0.444. The molecule has 1 aromatic heterocycles. The van der Waals surface area contributed by atoms with Gasteiger partial charge in [0.05, 0.1) is 0 Å². The zero-order chi connectivity index (χ0) is 16.2. The Bertz CT molecular complexity index is 684. The molecular weight excluding hydrogens is 288 g/mol. The number of carbonyl (C=O) groups is 1. The van der Waals surface area contributed by atoms with Crippen LogP contribution in [0.25, 0.3) is 0 Å². The van der Waals surface area contributed by atoms with E-state index < -0.39 is 0 Å². The van der Waals surface area contributed by atoms with E-state index in [2.05, 4.69) is 15.5 Å². The van der Waals surface area contributed by atoms with Gasteiger partial charge < -0.3 is 11.1 Å². The van der Waals surface area contributed by atoms with Crippen molar-refractivity contribution in [3.05, 3.63) is 41.1 Å². The Kier molecular flexibility index (Phi) is 4.65. The van der Waals surface area contributed by atoms with Crippen LogP contribution >= 0.6 is 0 Å². The van der Waals surface area contributed by atoms with E-state index in [0.717, 1.165) is 11.3 Å². The third kappa shape index (κ3) is 3.73. The van der Waals surface area contributed by atoms with Gasteiger partial charge in [-0.1, -0.05) is 31.7 Å². The molecule has 1 saturated carbocycles. The highest BCUT2D eigenvalue weighted by molar-refractivity contribution is 6.05. The van der Waals surface area contributed by atoms with Gasteiger partial charge in [-0.15, -0.1) is 0 Å². The maximum atomic E-state index is 12.4. The minimum atomic E-state index is -0.172. The predicted molar refractivity (Wildman–Crippen MR) is 92.6 cm³/mol. The van der Waals surface area contributed by atoms with Crippen molar-refractivity contribution in [3.8, 4) is 0 Å². The number of anilines is 2. The number of H-pyrrole nitrogens is 1. The minimum absolute atomic E-state index is 0.172. The van der Waals surface area contributed by atoms with Gasteiger partial charge in [0.2, 0.25) is 0 Å². The van der Waals surface area contributed by atoms with E-state index >= 15 is 0 Å². The lowest BCUT2D eigenvalue weighted by molar-refractivity contribution is 0.102. The number of nitrogens with zero attached hydrogens (tertiary/aromatic N) is 1. The van der Waals surface area contributed by atoms with E-state index in [-0.39, 0.29) is 5.91 Å². The molecule has 5 heteroatoms. The van der Waals surface area contributed by atoms with Crippen molar-refractivity contribution in [3.63, 3.8) is 0 Å². The molecule has 1 amide bonds. The Morgan fingerprint density at radius 1 is 1.22 bits per heavy atom. The van der Waals surface area contributed by atoms with E-state index in [1.165, 1.54) is 38.5 Å². The standard InChI is InChI=1S/C18H24N4O/c1-12-8-9-14(19)10-15(12)18(23)20-17-11-16(21-22-17)13-6-4-2-3-5-7-13/h8-11,13H,2-7,19H2,1H3,(H2,20,21,22,23). The average Bonchev–Trinajstić information content (AvgIpc) is 2.82. The van der Waals surface area contributed by atoms with Crippen molar-refractivity contribution in [1.82, 2.24) is 10.2 Å². The maximum absolute atomic E-state index is 12.4. The van der Waals surface area contributed by atoms with Crippen LogP contribution in [0.2, 0.25) is 0 Å². The second-order valence-electron chi connectivity index (χ2n) is 6.43. The molecule has 2 aromatic rings. The van der Waals surface area contributed by atoms with Crippen LogP contribution in [-0.4, -0.2) is 16.1 Å². The third-order valence-electron chi connectivity index (χ3n) is 4.64. The average molecular weight is 312 g/mol. The van der Waals surface area contributed by atoms with Crippen LogP contribution in [0.3, 0.4) is 0 Å². The number of nitrogens with two attached hydrogens (primary N) is 1. The Labute approximate surface area is 136 Å². The molecule has 0 saturated heterocycles. The summed E-state index contributed by atoms with van der Waals surface area (Å²) in [6, 6.07) is 7.32. The molecule has 1 aliphatic carbocycles. The first-order chi connectivity index (χ1) is 11.1. The van der Waals surface area contributed by atoms with Crippen LogP contribution in [0.5, 0.6) is 0 Å². The highest BCUT2D eigenvalue weighted by Crippen LogP contribution is 2.31. The van der Waals surface area contributed by atoms with Gasteiger partial charge in [-0.3, -0.25) is 9.89 Å². The SMILES string of the molecule is Cc1ccc(N)cc1C(=O)Nc1cc(C2CCCCCC2)[nH]n1. The number of benzene rings is 1. The molecule has 23 heavy (non-hydrogen) atoms. The molecule has 5 nitrogen and oxygen atoms in total. The number of amides is 1. The fourth-order valence-electron chi connectivity index (χ4n) is 3.27. The van der Waals surface area contributed by atoms with Gasteiger partial charge in [0, 0.05) is 28.9 Å². The van der Waals surface area contributed by atoms with Crippen LogP contribution < -0.4 is 11.1 Å². The quantitative estimate of drug-likeness (QED) is 0.592. The number of hydrogen-bond donors (Lipinski definition) is 3. The van der Waals surface area contributed by atoms with Crippen molar-refractivity contribution < 1.29 is 4.79 Å². The molecule has 1 heterocycles. The van der Waals surface area contributed by atoms with Crippen LogP contribution in [0, 0.1) is 6.92 Å². The number of nitrogens with one attached hydrogen (secondary N) is 2. The summed E-state index contributed by atoms with van der Waals surface area (Å²) in [6.45, 7) is 1.90. The van der Waals surface area contributed by atoms with Crippen LogP contribution in [0.4, 0.5) is 11.5 Å². The highest BCUT2D eigenvalue weighted by atomic mass is 16.1. The lowest BCUT2D eigenvalue weighted by atomic mass is 9.97. The molecule has 122 valence electrons. The number of hydrogen-bond acceptors (Lipinski definition) is 3. The second-order valence-corrected chi connectivity index (χ2v) is 6.43. The minimum Gasteiger partial charge on any atom is -0.399 e. The normalized spacial score (nSPS) is 16.0. The second kappa shape index (κ2) is 6.86. The van der Waals surface area contributed by atoms with E-state index in [1.807, 2.05) is 19.1 Å². The number of aryl methyl sites for hydroxylation is 1. The molecule has 1 aliphatic rings. The Hall–Kier alpha value is -2.30. The molecular formula is C18H24N4O. The molecule has 0 spiro atoms. The molecule has 1 aromatic carbocycles. The number of carbonyl (C=O) groups excluding carboxylic acids is 1. The lowest BCUT2D eigenvalue weighted by Gasteiger charge is -2.10. The Morgan fingerprint density at radius 2 is 1.96 bits per heavy atom. The first-order valence-electron chi connectivity index (χ1n) is 8.36. The first-order valence-corrected chi connectivity index (χ1v) is 8.36. The van der Waals surface area contributed by atoms with Crippen LogP contribution in [0.15, 0.2) is 24.3 Å². The molecule has 0 unspecified atom stereocenters. The van der Waals surface area contributed by atoms with Gasteiger partial charge in [0.15, 0.2) is 5.82 Å². The van der Waals surface area contributed by atoms with Gasteiger partial charge in [0.25, 0.3) is 5.91 Å². The molecule has 3 rings (SSSR count). The van der Waals surface area contributed by atoms with Gasteiger partial charge in [-0.25, -0.2) is 0 Å². The van der Waals surface area contributed by atoms with Crippen LogP contribution in [-0.2, 0) is 0 Å². The monoisotopic (exact) mass is 312 g/mol. The number of aromatic amines is 1. The van der Waals surface area contributed by atoms with Crippen molar-refractivity contribution in [2.75, 3.05) is 11.1 Å². The Morgan fingerprint density at radius 3 is 2.70 bits per heavy atom. The van der Waals surface area contributed by atoms with E-state index in [0.29, 0.717) is 23.0 Å². The summed E-state index contributed by atoms with van der Waals surface area (Å²) in [5.74, 6) is 0.939. The summed E-state index contributed by atoms with van der Waals surface area (Å²) in [6.07, 6.45) is 7.58. The maximum Gasteiger partial charge on any atom is 0.257 e. The first kappa shape index (κ1) is 15.6. The molecule has 4 N–H and O–H groups in total. The summed E-state index contributed by atoms with van der Waals surface area (Å²) in [7, 11) is 0. The number of rotatable bonds is 3. The number of nitrogen functional groups attached to an aromatic ring is 1. The largest absolute Gasteiger partial charge is 0.399 e. The van der Waals surface area contributed by atoms with Gasteiger partial charge in [-0.2, -0.15) is 5.10 Å². The molecule has 0 radical (unpaired) electrons. The number of aromatic nitrogens is 2. The molecule has 0 aliphatic heterocycles. The summed E-state index contributed by atoms with van der Waals surface area (Å²) >= 11 is 0. The van der Waals surface area contributed by atoms with Crippen molar-refractivity contribution in [1.29, 1.82) is 0 Å². The van der Waals surface area contributed by atoms with Gasteiger partial charge in [0.1, 0.15) is 0 Å². The van der Waals surface area contributed by atoms with Crippen LogP contribution in [0.1, 0.15) is 66.1 Å². The van der Waals surface area contributed by atoms with Gasteiger partial charge >= 0.3 is 0 Å². The molecule has 0 atom stereocenters. The topological polar surface area (TPSA) is 83.8 Å². The molecule has 0 bridgehead atoms. The fourth-order valence-corrected chi connectivity index (χ4v) is 3.27. The Balaban J connectivity index is 1.71. The molecule has 1 fully saturated rings. The van der Waals surface area contributed by atoms with Crippen molar-refractivity contribution in [2.45, 2.75) is 51.4 Å². The zero-order valence-corrected chi connectivity index (χ0v) is 13.6. The third-order valence-corrected chi connectivity index (χ3v) is 4.64. The zero-order valence-electron chi connectivity index (χ0n) is 13.6. The van der Waals surface area contributed by atoms with Gasteiger partial charge in [-0.05, 0) is 37.5 Å². The van der Waals surface area contributed by atoms with Crippen molar-refractivity contribution in [2.24, 2.45) is 0 Å².